The van der Waals surface area contributed by atoms with Crippen LogP contribution in [0.15, 0.2) is 46.9 Å². The highest BCUT2D eigenvalue weighted by atomic mass is 79.9. The monoisotopic (exact) mass is 304 g/mol. The molecule has 2 aromatic rings. The lowest BCUT2D eigenvalue weighted by Gasteiger charge is -2.16. The van der Waals surface area contributed by atoms with Gasteiger partial charge in [-0.2, -0.15) is 0 Å². The van der Waals surface area contributed by atoms with Gasteiger partial charge in [0.15, 0.2) is 0 Å². The summed E-state index contributed by atoms with van der Waals surface area (Å²) in [6, 6.07) is 14.2. The third kappa shape index (κ3) is 3.01. The van der Waals surface area contributed by atoms with E-state index in [9.17, 15) is 5.11 Å². The maximum absolute atomic E-state index is 10.4. The predicted octanol–water partition coefficient (Wildman–Crippen LogP) is 4.34. The fourth-order valence-electron chi connectivity index (χ4n) is 2.34. The molecule has 0 heterocycles. The minimum atomic E-state index is -0.444. The lowest BCUT2D eigenvalue weighted by Crippen LogP contribution is -2.06. The zero-order valence-electron chi connectivity index (χ0n) is 10.7. The summed E-state index contributed by atoms with van der Waals surface area (Å²) in [5.74, 6) is 0. The van der Waals surface area contributed by atoms with E-state index in [2.05, 4.69) is 22.0 Å². The van der Waals surface area contributed by atoms with Gasteiger partial charge >= 0.3 is 0 Å². The van der Waals surface area contributed by atoms with Crippen LogP contribution >= 0.6 is 15.9 Å². The number of halogens is 1. The highest BCUT2D eigenvalue weighted by molar-refractivity contribution is 9.10. The maximum Gasteiger partial charge on any atom is 0.0835 e. The molecule has 0 spiro atoms. The van der Waals surface area contributed by atoms with Gasteiger partial charge in [0, 0.05) is 10.9 Å². The van der Waals surface area contributed by atoms with Gasteiger partial charge in [0.1, 0.15) is 0 Å². The molecule has 0 aliphatic carbocycles. The summed E-state index contributed by atoms with van der Waals surface area (Å²) in [6.07, 6.45) is 0.200. The van der Waals surface area contributed by atoms with E-state index in [1.54, 1.807) is 0 Å². The van der Waals surface area contributed by atoms with Crippen molar-refractivity contribution in [1.82, 2.24) is 0 Å². The molecule has 2 aromatic carbocycles. The smallest absolute Gasteiger partial charge is 0.0835 e. The summed E-state index contributed by atoms with van der Waals surface area (Å²) in [5.41, 5.74) is 4.49. The van der Waals surface area contributed by atoms with Crippen LogP contribution in [0.1, 0.15) is 28.4 Å². The van der Waals surface area contributed by atoms with Gasteiger partial charge in [-0.05, 0) is 48.2 Å². The first-order valence-corrected chi connectivity index (χ1v) is 6.86. The number of hydrogen-bond acceptors (Lipinski definition) is 1. The lowest BCUT2D eigenvalue weighted by molar-refractivity contribution is 0.177. The molecule has 1 unspecified atom stereocenters. The topological polar surface area (TPSA) is 20.2 Å². The van der Waals surface area contributed by atoms with Gasteiger partial charge in [-0.15, -0.1) is 0 Å². The van der Waals surface area contributed by atoms with Gasteiger partial charge in [0.05, 0.1) is 6.10 Å². The molecule has 1 nitrogen and oxygen atoms in total. The Morgan fingerprint density at radius 3 is 2.28 bits per heavy atom. The second-order valence-electron chi connectivity index (χ2n) is 4.66. The van der Waals surface area contributed by atoms with Crippen molar-refractivity contribution in [2.75, 3.05) is 0 Å². The Hall–Kier alpha value is -1.12. The average Bonchev–Trinajstić information content (AvgIpc) is 2.28. The Kier molecular flexibility index (Phi) is 4.20. The van der Waals surface area contributed by atoms with Crippen LogP contribution in [0.4, 0.5) is 0 Å². The molecule has 0 radical (unpaired) electrons. The van der Waals surface area contributed by atoms with Gasteiger partial charge in [0.2, 0.25) is 0 Å². The predicted molar refractivity (Wildman–Crippen MR) is 78.7 cm³/mol. The molecular weight excluding hydrogens is 288 g/mol. The van der Waals surface area contributed by atoms with Crippen molar-refractivity contribution in [3.8, 4) is 0 Å². The third-order valence-electron chi connectivity index (χ3n) is 3.19. The van der Waals surface area contributed by atoms with Crippen molar-refractivity contribution in [3.05, 3.63) is 69.2 Å². The number of aryl methyl sites for hydroxylation is 2. The van der Waals surface area contributed by atoms with Crippen LogP contribution in [0.25, 0.3) is 0 Å². The van der Waals surface area contributed by atoms with Crippen LogP contribution in [-0.2, 0) is 6.42 Å². The largest absolute Gasteiger partial charge is 0.388 e. The van der Waals surface area contributed by atoms with E-state index >= 15 is 0 Å². The highest BCUT2D eigenvalue weighted by Gasteiger charge is 2.13. The molecule has 0 saturated heterocycles. The molecule has 0 fully saturated rings. The number of benzene rings is 2. The standard InChI is InChI=1S/C16H17BrO/c1-11-5-3-6-12(2)16(11)15(18)10-13-7-4-8-14(17)9-13/h3-9,15,18H,10H2,1-2H3. The van der Waals surface area contributed by atoms with Crippen molar-refractivity contribution < 1.29 is 5.11 Å². The fraction of sp³-hybridized carbons (Fsp3) is 0.250. The molecule has 0 aliphatic rings. The van der Waals surface area contributed by atoms with Gasteiger partial charge < -0.3 is 5.11 Å². The van der Waals surface area contributed by atoms with Crippen LogP contribution < -0.4 is 0 Å². The summed E-state index contributed by atoms with van der Waals surface area (Å²) >= 11 is 3.46. The molecule has 1 atom stereocenters. The molecule has 2 heteroatoms. The van der Waals surface area contributed by atoms with Gasteiger partial charge in [0.25, 0.3) is 0 Å². The van der Waals surface area contributed by atoms with E-state index in [0.29, 0.717) is 6.42 Å². The van der Waals surface area contributed by atoms with E-state index in [0.717, 1.165) is 26.7 Å². The molecule has 94 valence electrons. The minimum absolute atomic E-state index is 0.444. The molecule has 0 saturated carbocycles. The summed E-state index contributed by atoms with van der Waals surface area (Å²) in [5, 5.41) is 10.4. The third-order valence-corrected chi connectivity index (χ3v) is 3.69. The number of aliphatic hydroxyl groups is 1. The van der Waals surface area contributed by atoms with Crippen LogP contribution in [0.5, 0.6) is 0 Å². The zero-order chi connectivity index (χ0) is 13.1. The SMILES string of the molecule is Cc1cccc(C)c1C(O)Cc1cccc(Br)c1. The Morgan fingerprint density at radius 1 is 1.06 bits per heavy atom. The van der Waals surface area contributed by atoms with E-state index in [-0.39, 0.29) is 0 Å². The van der Waals surface area contributed by atoms with Crippen LogP contribution in [0.3, 0.4) is 0 Å². The Labute approximate surface area is 117 Å². The minimum Gasteiger partial charge on any atom is -0.388 e. The molecular formula is C16H17BrO. The van der Waals surface area contributed by atoms with Crippen LogP contribution in [0.2, 0.25) is 0 Å². The first-order valence-electron chi connectivity index (χ1n) is 6.06. The number of aliphatic hydroxyl groups excluding tert-OH is 1. The second-order valence-corrected chi connectivity index (χ2v) is 5.57. The lowest BCUT2D eigenvalue weighted by atomic mass is 9.94. The van der Waals surface area contributed by atoms with E-state index < -0.39 is 6.10 Å². The van der Waals surface area contributed by atoms with Gasteiger partial charge in [-0.25, -0.2) is 0 Å². The molecule has 0 aliphatic heterocycles. The first kappa shape index (κ1) is 13.3. The van der Waals surface area contributed by atoms with Crippen molar-refractivity contribution in [2.45, 2.75) is 26.4 Å². The number of rotatable bonds is 3. The van der Waals surface area contributed by atoms with E-state index in [1.165, 1.54) is 0 Å². The molecule has 0 amide bonds. The molecule has 1 N–H and O–H groups in total. The van der Waals surface area contributed by atoms with Crippen LogP contribution in [0, 0.1) is 13.8 Å². The summed E-state index contributed by atoms with van der Waals surface area (Å²) in [4.78, 5) is 0. The maximum atomic E-state index is 10.4. The number of hydrogen-bond donors (Lipinski definition) is 1. The van der Waals surface area contributed by atoms with Crippen molar-refractivity contribution in [3.63, 3.8) is 0 Å². The summed E-state index contributed by atoms with van der Waals surface area (Å²) in [7, 11) is 0. The van der Waals surface area contributed by atoms with Crippen LogP contribution in [-0.4, -0.2) is 5.11 Å². The Bertz CT molecular complexity index is 528. The van der Waals surface area contributed by atoms with Crippen molar-refractivity contribution in [1.29, 1.82) is 0 Å². The molecule has 0 aromatic heterocycles. The normalized spacial score (nSPS) is 12.4. The van der Waals surface area contributed by atoms with E-state index in [4.69, 9.17) is 0 Å². The molecule has 18 heavy (non-hydrogen) atoms. The summed E-state index contributed by atoms with van der Waals surface area (Å²) in [6.45, 7) is 4.10. The summed E-state index contributed by atoms with van der Waals surface area (Å²) < 4.78 is 1.05. The highest BCUT2D eigenvalue weighted by Crippen LogP contribution is 2.25. The first-order chi connectivity index (χ1) is 8.58. The Balaban J connectivity index is 2.25. The Morgan fingerprint density at radius 2 is 1.67 bits per heavy atom. The zero-order valence-corrected chi connectivity index (χ0v) is 12.2. The van der Waals surface area contributed by atoms with Crippen molar-refractivity contribution in [2.24, 2.45) is 0 Å². The van der Waals surface area contributed by atoms with Crippen molar-refractivity contribution >= 4 is 15.9 Å². The van der Waals surface area contributed by atoms with Gasteiger partial charge in [-0.3, -0.25) is 0 Å². The van der Waals surface area contributed by atoms with E-state index in [1.807, 2.05) is 50.2 Å². The quantitative estimate of drug-likeness (QED) is 0.894. The molecule has 2 rings (SSSR count). The fourth-order valence-corrected chi connectivity index (χ4v) is 2.79. The van der Waals surface area contributed by atoms with Gasteiger partial charge in [-0.1, -0.05) is 46.3 Å². The molecule has 0 bridgehead atoms. The second kappa shape index (κ2) is 5.68. The average molecular weight is 305 g/mol.